The summed E-state index contributed by atoms with van der Waals surface area (Å²) in [6.07, 6.45) is 1.42. The van der Waals surface area contributed by atoms with Crippen molar-refractivity contribution in [2.75, 3.05) is 5.73 Å². The zero-order chi connectivity index (χ0) is 13.6. The number of aliphatic hydroxyl groups is 2. The van der Waals surface area contributed by atoms with Gasteiger partial charge in [-0.05, 0) is 13.0 Å². The Hall–Kier alpha value is -2.19. The highest BCUT2D eigenvalue weighted by Gasteiger charge is 2.41. The number of imidazole rings is 1. The number of hydrogen-bond donors (Lipinski definition) is 3. The molecule has 0 saturated carbocycles. The molecule has 0 aliphatic carbocycles. The molecule has 19 heavy (non-hydrogen) atoms. The van der Waals surface area contributed by atoms with Crippen molar-refractivity contribution in [1.29, 1.82) is 0 Å². The lowest BCUT2D eigenvalue weighted by Gasteiger charge is -2.15. The third-order valence-corrected chi connectivity index (χ3v) is 3.11. The van der Waals surface area contributed by atoms with Crippen LogP contribution < -0.4 is 5.73 Å². The van der Waals surface area contributed by atoms with E-state index in [2.05, 4.69) is 15.0 Å². The number of allylic oxidation sites excluding steroid dienone is 1. The van der Waals surface area contributed by atoms with Crippen LogP contribution in [-0.2, 0) is 4.74 Å². The minimum Gasteiger partial charge on any atom is -0.469 e. The number of anilines is 1. The number of aromatic nitrogens is 4. The Kier molecular flexibility index (Phi) is 2.61. The second kappa shape index (κ2) is 4.18. The van der Waals surface area contributed by atoms with Gasteiger partial charge in [0.15, 0.2) is 11.5 Å². The Morgan fingerprint density at radius 2 is 2.16 bits per heavy atom. The van der Waals surface area contributed by atoms with E-state index < -0.39 is 18.4 Å². The number of aliphatic hydroxyl groups excluding tert-OH is 2. The second-order valence-electron chi connectivity index (χ2n) is 4.22. The van der Waals surface area contributed by atoms with E-state index in [4.69, 9.17) is 10.5 Å². The number of fused-ring (bicyclic) bond motifs is 1. The van der Waals surface area contributed by atoms with E-state index in [9.17, 15) is 10.2 Å². The monoisotopic (exact) mass is 263 g/mol. The zero-order valence-corrected chi connectivity index (χ0v) is 10.1. The fourth-order valence-corrected chi connectivity index (χ4v) is 2.12. The first-order valence-corrected chi connectivity index (χ1v) is 5.75. The van der Waals surface area contributed by atoms with Crippen molar-refractivity contribution in [2.45, 2.75) is 25.4 Å². The molecule has 0 amide bonds. The first kappa shape index (κ1) is 11.9. The SMILES string of the molecule is C/C=C1\O[C@H](n2cnc3c(N)ncnc32)[C@@H](O)[C@H]1O. The first-order valence-electron chi connectivity index (χ1n) is 5.75. The molecule has 100 valence electrons. The Labute approximate surface area is 108 Å². The van der Waals surface area contributed by atoms with Crippen LogP contribution in [0.4, 0.5) is 5.82 Å². The van der Waals surface area contributed by atoms with Crippen LogP contribution in [0.25, 0.3) is 11.2 Å². The fourth-order valence-electron chi connectivity index (χ4n) is 2.12. The number of ether oxygens (including phenoxy) is 1. The molecule has 1 fully saturated rings. The molecule has 1 saturated heterocycles. The minimum atomic E-state index is -1.10. The molecule has 2 aromatic rings. The van der Waals surface area contributed by atoms with Crippen molar-refractivity contribution in [1.82, 2.24) is 19.5 Å². The van der Waals surface area contributed by atoms with Crippen molar-refractivity contribution in [3.8, 4) is 0 Å². The Morgan fingerprint density at radius 1 is 1.37 bits per heavy atom. The number of rotatable bonds is 1. The van der Waals surface area contributed by atoms with Crippen LogP contribution in [0.5, 0.6) is 0 Å². The average Bonchev–Trinajstić information content (AvgIpc) is 2.94. The predicted octanol–water partition coefficient (Wildman–Crippen LogP) is -0.437. The third-order valence-electron chi connectivity index (χ3n) is 3.11. The van der Waals surface area contributed by atoms with Crippen LogP contribution in [0.3, 0.4) is 0 Å². The molecular formula is C11H13N5O3. The maximum Gasteiger partial charge on any atom is 0.207 e. The van der Waals surface area contributed by atoms with Crippen LogP contribution in [0, 0.1) is 0 Å². The Balaban J connectivity index is 2.09. The summed E-state index contributed by atoms with van der Waals surface area (Å²) in [6, 6.07) is 0. The molecule has 4 N–H and O–H groups in total. The number of nitrogen functional groups attached to an aromatic ring is 1. The molecule has 0 bridgehead atoms. The quantitative estimate of drug-likeness (QED) is 0.638. The van der Waals surface area contributed by atoms with Crippen LogP contribution in [0.1, 0.15) is 13.2 Å². The summed E-state index contributed by atoms with van der Waals surface area (Å²) in [5.74, 6) is 0.574. The molecule has 0 aromatic carbocycles. The summed E-state index contributed by atoms with van der Waals surface area (Å²) in [7, 11) is 0. The van der Waals surface area contributed by atoms with Gasteiger partial charge in [-0.1, -0.05) is 0 Å². The van der Waals surface area contributed by atoms with Crippen molar-refractivity contribution < 1.29 is 14.9 Å². The van der Waals surface area contributed by atoms with E-state index in [0.29, 0.717) is 16.9 Å². The van der Waals surface area contributed by atoms with Gasteiger partial charge in [-0.2, -0.15) is 0 Å². The molecule has 0 unspecified atom stereocenters. The van der Waals surface area contributed by atoms with Gasteiger partial charge >= 0.3 is 0 Å². The topological polar surface area (TPSA) is 119 Å². The molecular weight excluding hydrogens is 250 g/mol. The lowest BCUT2D eigenvalue weighted by Crippen LogP contribution is -2.27. The van der Waals surface area contributed by atoms with Gasteiger partial charge in [0, 0.05) is 0 Å². The van der Waals surface area contributed by atoms with Gasteiger partial charge in [0.05, 0.1) is 0 Å². The number of hydrogen-bond acceptors (Lipinski definition) is 7. The smallest absolute Gasteiger partial charge is 0.207 e. The van der Waals surface area contributed by atoms with Gasteiger partial charge in [-0.25, -0.2) is 15.0 Å². The van der Waals surface area contributed by atoms with E-state index in [1.807, 2.05) is 0 Å². The van der Waals surface area contributed by atoms with Crippen molar-refractivity contribution >= 4 is 17.0 Å². The first-order chi connectivity index (χ1) is 9.13. The van der Waals surface area contributed by atoms with Crippen molar-refractivity contribution in [3.63, 3.8) is 0 Å². The number of nitrogens with two attached hydrogens (primary N) is 1. The molecule has 1 aliphatic rings. The predicted molar refractivity (Wildman–Crippen MR) is 65.6 cm³/mol. The van der Waals surface area contributed by atoms with Gasteiger partial charge in [-0.15, -0.1) is 0 Å². The van der Waals surface area contributed by atoms with Gasteiger partial charge in [0.1, 0.15) is 36.1 Å². The maximum atomic E-state index is 10.0. The van der Waals surface area contributed by atoms with E-state index in [1.165, 1.54) is 17.2 Å². The molecule has 8 heteroatoms. The van der Waals surface area contributed by atoms with Gasteiger partial charge in [-0.3, -0.25) is 4.57 Å². The lowest BCUT2D eigenvalue weighted by molar-refractivity contribution is -0.0118. The maximum absolute atomic E-state index is 10.0. The van der Waals surface area contributed by atoms with Crippen LogP contribution in [0.2, 0.25) is 0 Å². The number of nitrogens with zero attached hydrogens (tertiary/aromatic N) is 4. The molecule has 3 atom stereocenters. The normalized spacial score (nSPS) is 29.0. The van der Waals surface area contributed by atoms with Crippen LogP contribution in [-0.4, -0.2) is 41.9 Å². The summed E-state index contributed by atoms with van der Waals surface area (Å²) in [6.45, 7) is 1.72. The molecule has 2 aromatic heterocycles. The summed E-state index contributed by atoms with van der Waals surface area (Å²) in [4.78, 5) is 12.0. The van der Waals surface area contributed by atoms with Gasteiger partial charge in [0.2, 0.25) is 6.23 Å². The summed E-state index contributed by atoms with van der Waals surface area (Å²) >= 11 is 0. The highest BCUT2D eigenvalue weighted by Crippen LogP contribution is 2.33. The van der Waals surface area contributed by atoms with E-state index in [-0.39, 0.29) is 5.82 Å². The largest absolute Gasteiger partial charge is 0.469 e. The van der Waals surface area contributed by atoms with Crippen LogP contribution >= 0.6 is 0 Å². The Bertz CT molecular complexity index is 653. The molecule has 1 aliphatic heterocycles. The van der Waals surface area contributed by atoms with Crippen molar-refractivity contribution in [2.24, 2.45) is 0 Å². The van der Waals surface area contributed by atoms with E-state index in [1.54, 1.807) is 13.0 Å². The molecule has 3 rings (SSSR count). The molecule has 0 radical (unpaired) electrons. The van der Waals surface area contributed by atoms with Gasteiger partial charge in [0.25, 0.3) is 0 Å². The summed E-state index contributed by atoms with van der Waals surface area (Å²) in [5, 5.41) is 19.8. The Morgan fingerprint density at radius 3 is 2.84 bits per heavy atom. The van der Waals surface area contributed by atoms with Crippen LogP contribution in [0.15, 0.2) is 24.5 Å². The van der Waals surface area contributed by atoms with E-state index in [0.717, 1.165) is 0 Å². The second-order valence-corrected chi connectivity index (χ2v) is 4.22. The summed E-state index contributed by atoms with van der Waals surface area (Å²) < 4.78 is 7.04. The van der Waals surface area contributed by atoms with Gasteiger partial charge < -0.3 is 20.7 Å². The molecule has 3 heterocycles. The zero-order valence-electron chi connectivity index (χ0n) is 10.1. The summed E-state index contributed by atoms with van der Waals surface area (Å²) in [5.41, 5.74) is 6.57. The highest BCUT2D eigenvalue weighted by molar-refractivity contribution is 5.81. The standard InChI is InChI=1S/C11H13N5O3/c1-2-5-7(17)8(18)11(19-5)16-4-15-6-9(12)13-3-14-10(6)16/h2-4,7-8,11,17-18H,1H3,(H2,12,13,14)/b5-2-/t7-,8-,11-/m0/s1. The minimum absolute atomic E-state index is 0.253. The highest BCUT2D eigenvalue weighted by atomic mass is 16.5. The lowest BCUT2D eigenvalue weighted by atomic mass is 10.2. The average molecular weight is 263 g/mol. The molecule has 8 nitrogen and oxygen atoms in total. The van der Waals surface area contributed by atoms with Crippen molar-refractivity contribution in [3.05, 3.63) is 24.5 Å². The van der Waals surface area contributed by atoms with E-state index >= 15 is 0 Å². The third kappa shape index (κ3) is 1.65. The molecule has 0 spiro atoms. The fraction of sp³-hybridized carbons (Fsp3) is 0.364.